The molecule has 0 spiro atoms. The van der Waals surface area contributed by atoms with Crippen LogP contribution in [0.4, 0.5) is 5.69 Å². The number of carbonyl (C=O) groups excluding carboxylic acids is 1. The van der Waals surface area contributed by atoms with Gasteiger partial charge < -0.3 is 14.8 Å². The summed E-state index contributed by atoms with van der Waals surface area (Å²) in [6.45, 7) is 4.14. The molecule has 170 valence electrons. The molecule has 2 aromatic carbocycles. The van der Waals surface area contributed by atoms with Crippen LogP contribution in [0.25, 0.3) is 0 Å². The van der Waals surface area contributed by atoms with Crippen LogP contribution in [0.5, 0.6) is 11.5 Å². The van der Waals surface area contributed by atoms with Crippen LogP contribution in [0.2, 0.25) is 0 Å². The molecule has 0 heterocycles. The highest BCUT2D eigenvalue weighted by Crippen LogP contribution is 2.31. The Morgan fingerprint density at radius 2 is 1.81 bits per heavy atom. The maximum Gasteiger partial charge on any atom is 0.232 e. The summed E-state index contributed by atoms with van der Waals surface area (Å²) in [6.07, 6.45) is 2.52. The van der Waals surface area contributed by atoms with E-state index >= 15 is 0 Å². The highest BCUT2D eigenvalue weighted by Gasteiger charge is 2.19. The zero-order valence-corrected chi connectivity index (χ0v) is 19.7. The number of hydrogen-bond acceptors (Lipinski definition) is 5. The van der Waals surface area contributed by atoms with E-state index in [0.29, 0.717) is 30.0 Å². The third-order valence-corrected chi connectivity index (χ3v) is 6.20. The van der Waals surface area contributed by atoms with E-state index in [4.69, 9.17) is 9.47 Å². The topological polar surface area (TPSA) is 84.9 Å². The van der Waals surface area contributed by atoms with Crippen LogP contribution in [0, 0.1) is 6.92 Å². The Bertz CT molecular complexity index is 991. The molecule has 1 atom stereocenters. The van der Waals surface area contributed by atoms with Gasteiger partial charge in [0.2, 0.25) is 15.9 Å². The van der Waals surface area contributed by atoms with E-state index < -0.39 is 10.0 Å². The third kappa shape index (κ3) is 6.89. The van der Waals surface area contributed by atoms with Gasteiger partial charge in [-0.2, -0.15) is 0 Å². The molecule has 2 aromatic rings. The molecule has 8 heteroatoms. The number of amides is 1. The molecular weight excluding hydrogens is 416 g/mol. The van der Waals surface area contributed by atoms with E-state index in [0.717, 1.165) is 11.1 Å². The number of nitrogens with one attached hydrogen (secondary N) is 1. The van der Waals surface area contributed by atoms with E-state index in [1.165, 1.54) is 10.6 Å². The summed E-state index contributed by atoms with van der Waals surface area (Å²) in [7, 11) is -0.293. The van der Waals surface area contributed by atoms with E-state index in [1.807, 2.05) is 50.2 Å². The maximum absolute atomic E-state index is 12.6. The molecule has 0 radical (unpaired) electrons. The van der Waals surface area contributed by atoms with Gasteiger partial charge in [0.05, 0.1) is 32.2 Å². The van der Waals surface area contributed by atoms with Gasteiger partial charge in [-0.05, 0) is 55.2 Å². The predicted molar refractivity (Wildman–Crippen MR) is 123 cm³/mol. The molecule has 1 unspecified atom stereocenters. The number of ether oxygens (including phenoxy) is 2. The highest BCUT2D eigenvalue weighted by atomic mass is 32.2. The van der Waals surface area contributed by atoms with Gasteiger partial charge in [-0.25, -0.2) is 8.42 Å². The number of aryl methyl sites for hydroxylation is 1. The van der Waals surface area contributed by atoms with Gasteiger partial charge in [-0.3, -0.25) is 9.10 Å². The van der Waals surface area contributed by atoms with Gasteiger partial charge in [0.1, 0.15) is 0 Å². The molecule has 2 rings (SSSR count). The largest absolute Gasteiger partial charge is 0.493 e. The molecule has 1 amide bonds. The number of benzene rings is 2. The second-order valence-electron chi connectivity index (χ2n) is 7.42. The molecule has 0 aliphatic heterocycles. The zero-order chi connectivity index (χ0) is 23.0. The van der Waals surface area contributed by atoms with Crippen LogP contribution in [-0.4, -0.2) is 41.3 Å². The fraction of sp³-hybridized carbons (Fsp3) is 0.435. The molecule has 0 aromatic heterocycles. The van der Waals surface area contributed by atoms with Crippen LogP contribution < -0.4 is 19.1 Å². The number of methoxy groups -OCH3 is 2. The van der Waals surface area contributed by atoms with Gasteiger partial charge >= 0.3 is 0 Å². The average Bonchev–Trinajstić information content (AvgIpc) is 2.73. The van der Waals surface area contributed by atoms with Crippen molar-refractivity contribution in [2.24, 2.45) is 0 Å². The number of anilines is 1. The van der Waals surface area contributed by atoms with Crippen LogP contribution in [0.3, 0.4) is 0 Å². The van der Waals surface area contributed by atoms with Gasteiger partial charge in [-0.1, -0.05) is 25.1 Å². The van der Waals surface area contributed by atoms with Crippen LogP contribution in [0.15, 0.2) is 42.5 Å². The molecule has 0 aliphatic rings. The molecular formula is C23H32N2O5S. The first-order chi connectivity index (χ1) is 14.7. The molecule has 0 saturated heterocycles. The van der Waals surface area contributed by atoms with Crippen molar-refractivity contribution in [3.63, 3.8) is 0 Å². The summed E-state index contributed by atoms with van der Waals surface area (Å²) in [6, 6.07) is 12.7. The molecule has 7 nitrogen and oxygen atoms in total. The van der Waals surface area contributed by atoms with Crippen LogP contribution in [-0.2, 0) is 14.8 Å². The standard InChI is InChI=1S/C23H32N2O5S/c1-6-20(18-12-13-21(29-3)22(16-18)30-4)24-23(26)11-8-14-25(31(5,27)28)19-10-7-9-17(2)15-19/h7,9-10,12-13,15-16,20H,6,8,11,14H2,1-5H3,(H,24,26). The minimum absolute atomic E-state index is 0.126. The second kappa shape index (κ2) is 11.0. The number of sulfonamides is 1. The summed E-state index contributed by atoms with van der Waals surface area (Å²) < 4.78 is 36.5. The monoisotopic (exact) mass is 448 g/mol. The first-order valence-electron chi connectivity index (χ1n) is 10.2. The molecule has 0 bridgehead atoms. The maximum atomic E-state index is 12.6. The Balaban J connectivity index is 2.01. The third-order valence-electron chi connectivity index (χ3n) is 5.01. The van der Waals surface area contributed by atoms with E-state index in [1.54, 1.807) is 20.3 Å². The van der Waals surface area contributed by atoms with Crippen molar-refractivity contribution in [2.75, 3.05) is 31.3 Å². The highest BCUT2D eigenvalue weighted by molar-refractivity contribution is 7.92. The Morgan fingerprint density at radius 3 is 2.39 bits per heavy atom. The fourth-order valence-corrected chi connectivity index (χ4v) is 4.37. The Kier molecular flexibility index (Phi) is 8.74. The van der Waals surface area contributed by atoms with Crippen LogP contribution in [0.1, 0.15) is 43.4 Å². The Morgan fingerprint density at radius 1 is 1.10 bits per heavy atom. The minimum Gasteiger partial charge on any atom is -0.493 e. The smallest absolute Gasteiger partial charge is 0.232 e. The molecule has 0 saturated carbocycles. The summed E-state index contributed by atoms with van der Waals surface area (Å²) >= 11 is 0. The lowest BCUT2D eigenvalue weighted by molar-refractivity contribution is -0.121. The summed E-state index contributed by atoms with van der Waals surface area (Å²) in [4.78, 5) is 12.6. The molecule has 31 heavy (non-hydrogen) atoms. The van der Waals surface area contributed by atoms with Gasteiger partial charge in [0.25, 0.3) is 0 Å². The van der Waals surface area contributed by atoms with Crippen molar-refractivity contribution in [3.8, 4) is 11.5 Å². The Hall–Kier alpha value is -2.74. The number of nitrogens with zero attached hydrogens (tertiary/aromatic N) is 1. The SMILES string of the molecule is CCC(NC(=O)CCCN(c1cccc(C)c1)S(C)(=O)=O)c1ccc(OC)c(OC)c1. The lowest BCUT2D eigenvalue weighted by Gasteiger charge is -2.23. The quantitative estimate of drug-likeness (QED) is 0.565. The van der Waals surface area contributed by atoms with Crippen molar-refractivity contribution < 1.29 is 22.7 Å². The lowest BCUT2D eigenvalue weighted by Crippen LogP contribution is -2.33. The lowest BCUT2D eigenvalue weighted by atomic mass is 10.0. The Labute approximate surface area is 185 Å². The van der Waals surface area contributed by atoms with Crippen LogP contribution >= 0.6 is 0 Å². The number of rotatable bonds is 11. The zero-order valence-electron chi connectivity index (χ0n) is 18.8. The van der Waals surface area contributed by atoms with Crippen molar-refractivity contribution in [1.82, 2.24) is 5.32 Å². The van der Waals surface area contributed by atoms with Crippen molar-refractivity contribution in [2.45, 2.75) is 39.2 Å². The van der Waals surface area contributed by atoms with Crippen molar-refractivity contribution in [1.29, 1.82) is 0 Å². The average molecular weight is 449 g/mol. The van der Waals surface area contributed by atoms with Gasteiger partial charge in [0, 0.05) is 13.0 Å². The second-order valence-corrected chi connectivity index (χ2v) is 9.33. The van der Waals surface area contributed by atoms with E-state index in [2.05, 4.69) is 5.32 Å². The predicted octanol–water partition coefficient (Wildman–Crippen LogP) is 3.83. The van der Waals surface area contributed by atoms with E-state index in [9.17, 15) is 13.2 Å². The number of carbonyl (C=O) groups is 1. The summed E-state index contributed by atoms with van der Waals surface area (Å²) in [5.41, 5.74) is 2.51. The van der Waals surface area contributed by atoms with Crippen molar-refractivity contribution in [3.05, 3.63) is 53.6 Å². The van der Waals surface area contributed by atoms with Crippen molar-refractivity contribution >= 4 is 21.6 Å². The fourth-order valence-electron chi connectivity index (χ4n) is 3.41. The normalized spacial score (nSPS) is 12.2. The van der Waals surface area contributed by atoms with E-state index in [-0.39, 0.29) is 24.9 Å². The molecule has 0 fully saturated rings. The molecule has 1 N–H and O–H groups in total. The number of hydrogen-bond donors (Lipinski definition) is 1. The molecule has 0 aliphatic carbocycles. The van der Waals surface area contributed by atoms with Gasteiger partial charge in [-0.15, -0.1) is 0 Å². The summed E-state index contributed by atoms with van der Waals surface area (Å²) in [5, 5.41) is 3.03. The van der Waals surface area contributed by atoms with Gasteiger partial charge in [0.15, 0.2) is 11.5 Å². The minimum atomic E-state index is -3.44. The first kappa shape index (κ1) is 24.5. The first-order valence-corrected chi connectivity index (χ1v) is 12.1. The summed E-state index contributed by atoms with van der Waals surface area (Å²) in [5.74, 6) is 1.11.